The summed E-state index contributed by atoms with van der Waals surface area (Å²) in [6.45, 7) is 6.82. The van der Waals surface area contributed by atoms with Gasteiger partial charge in [0.05, 0.1) is 0 Å². The number of hydrogen-bond acceptors (Lipinski definition) is 2. The summed E-state index contributed by atoms with van der Waals surface area (Å²) in [5.41, 5.74) is 3.04. The van der Waals surface area contributed by atoms with Crippen molar-refractivity contribution in [1.29, 1.82) is 0 Å². The minimum atomic E-state index is -0.0658. The molecule has 0 fully saturated rings. The highest BCUT2D eigenvalue weighted by Crippen LogP contribution is 2.19. The molecule has 1 amide bonds. The fourth-order valence-electron chi connectivity index (χ4n) is 2.68. The molecule has 0 bridgehead atoms. The zero-order valence-electron chi connectivity index (χ0n) is 12.8. The Bertz CT molecular complexity index is 500. The first-order valence-electron chi connectivity index (χ1n) is 7.60. The van der Waals surface area contributed by atoms with Gasteiger partial charge >= 0.3 is 0 Å². The molecule has 1 N–H and O–H groups in total. The molecule has 4 nitrogen and oxygen atoms in total. The third-order valence-corrected chi connectivity index (χ3v) is 3.76. The van der Waals surface area contributed by atoms with Crippen molar-refractivity contribution in [3.05, 3.63) is 29.1 Å². The molecule has 0 aliphatic heterocycles. The molecular formula is C16H25N3O. The first-order chi connectivity index (χ1) is 9.58. The summed E-state index contributed by atoms with van der Waals surface area (Å²) in [7, 11) is 0. The molecule has 2 rings (SSSR count). The molecule has 1 heterocycles. The van der Waals surface area contributed by atoms with Crippen LogP contribution in [0.3, 0.4) is 0 Å². The van der Waals surface area contributed by atoms with Gasteiger partial charge < -0.3 is 5.32 Å². The summed E-state index contributed by atoms with van der Waals surface area (Å²) in [6, 6.07) is 2.14. The van der Waals surface area contributed by atoms with Gasteiger partial charge in [-0.1, -0.05) is 11.6 Å². The first-order valence-corrected chi connectivity index (χ1v) is 7.60. The van der Waals surface area contributed by atoms with Crippen molar-refractivity contribution in [2.24, 2.45) is 0 Å². The number of amides is 1. The number of nitrogens with zero attached hydrogens (tertiary/aromatic N) is 2. The van der Waals surface area contributed by atoms with E-state index in [0.717, 1.165) is 12.1 Å². The van der Waals surface area contributed by atoms with Crippen molar-refractivity contribution in [3.8, 4) is 0 Å². The average molecular weight is 275 g/mol. The molecule has 20 heavy (non-hydrogen) atoms. The van der Waals surface area contributed by atoms with Gasteiger partial charge in [-0.15, -0.1) is 0 Å². The molecule has 0 radical (unpaired) electrons. The monoisotopic (exact) mass is 275 g/mol. The van der Waals surface area contributed by atoms with E-state index < -0.39 is 0 Å². The fraction of sp³-hybridized carbons (Fsp3) is 0.625. The van der Waals surface area contributed by atoms with Crippen LogP contribution < -0.4 is 5.32 Å². The molecule has 110 valence electrons. The molecule has 1 aromatic rings. The number of carbonyl (C=O) groups excluding carboxylic acids is 1. The predicted octanol–water partition coefficient (Wildman–Crippen LogP) is 3.39. The molecule has 0 saturated heterocycles. The zero-order chi connectivity index (χ0) is 14.5. The number of aromatic nitrogens is 2. The van der Waals surface area contributed by atoms with Crippen molar-refractivity contribution in [2.75, 3.05) is 6.54 Å². The second-order valence-electron chi connectivity index (χ2n) is 5.82. The van der Waals surface area contributed by atoms with Gasteiger partial charge in [0.1, 0.15) is 5.69 Å². The van der Waals surface area contributed by atoms with Crippen LogP contribution in [0.5, 0.6) is 0 Å². The van der Waals surface area contributed by atoms with E-state index in [1.807, 2.05) is 17.7 Å². The lowest BCUT2D eigenvalue weighted by molar-refractivity contribution is 0.0948. The number of allylic oxidation sites excluding steroid dienone is 1. The maximum absolute atomic E-state index is 12.1. The van der Waals surface area contributed by atoms with Crippen LogP contribution in [0.15, 0.2) is 17.7 Å². The summed E-state index contributed by atoms with van der Waals surface area (Å²) < 4.78 is 1.89. The van der Waals surface area contributed by atoms with Crippen LogP contribution in [0.4, 0.5) is 0 Å². The maximum Gasteiger partial charge on any atom is 0.271 e. The standard InChI is InChI=1S/C16H25N3O/c1-12(2)19-13(3)11-15(18-19)16(20)17-10-9-14-7-5-4-6-8-14/h7,11-12H,4-6,8-10H2,1-3H3,(H,17,20). The normalized spacial score (nSPS) is 15.3. The molecule has 1 aliphatic carbocycles. The molecule has 4 heteroatoms. The summed E-state index contributed by atoms with van der Waals surface area (Å²) >= 11 is 0. The summed E-state index contributed by atoms with van der Waals surface area (Å²) in [4.78, 5) is 12.1. The van der Waals surface area contributed by atoms with Crippen LogP contribution in [-0.2, 0) is 0 Å². The highest BCUT2D eigenvalue weighted by Gasteiger charge is 2.13. The SMILES string of the molecule is Cc1cc(C(=O)NCCC2=CCCCC2)nn1C(C)C. The van der Waals surface area contributed by atoms with Crippen molar-refractivity contribution >= 4 is 5.91 Å². The van der Waals surface area contributed by atoms with E-state index in [0.29, 0.717) is 12.2 Å². The Labute approximate surface area is 121 Å². The maximum atomic E-state index is 12.1. The predicted molar refractivity (Wildman–Crippen MR) is 80.9 cm³/mol. The lowest BCUT2D eigenvalue weighted by Gasteiger charge is -2.12. The third-order valence-electron chi connectivity index (χ3n) is 3.76. The number of carbonyl (C=O) groups is 1. The Morgan fingerprint density at radius 1 is 1.45 bits per heavy atom. The van der Waals surface area contributed by atoms with Crippen LogP contribution in [0.1, 0.15) is 68.2 Å². The molecule has 0 unspecified atom stereocenters. The molecular weight excluding hydrogens is 250 g/mol. The minimum Gasteiger partial charge on any atom is -0.350 e. The first kappa shape index (κ1) is 14.8. The van der Waals surface area contributed by atoms with Crippen LogP contribution in [0.2, 0.25) is 0 Å². The largest absolute Gasteiger partial charge is 0.350 e. The molecule has 0 aromatic carbocycles. The van der Waals surface area contributed by atoms with Gasteiger partial charge in [0.15, 0.2) is 0 Å². The van der Waals surface area contributed by atoms with Crippen molar-refractivity contribution in [1.82, 2.24) is 15.1 Å². The van der Waals surface area contributed by atoms with E-state index in [-0.39, 0.29) is 11.9 Å². The van der Waals surface area contributed by atoms with Gasteiger partial charge in [0, 0.05) is 18.3 Å². The van der Waals surface area contributed by atoms with Gasteiger partial charge in [-0.3, -0.25) is 9.48 Å². The second-order valence-corrected chi connectivity index (χ2v) is 5.82. The minimum absolute atomic E-state index is 0.0658. The van der Waals surface area contributed by atoms with Crippen molar-refractivity contribution in [3.63, 3.8) is 0 Å². The van der Waals surface area contributed by atoms with E-state index >= 15 is 0 Å². The van der Waals surface area contributed by atoms with E-state index in [1.54, 1.807) is 0 Å². The van der Waals surface area contributed by atoms with Gasteiger partial charge in [-0.2, -0.15) is 5.10 Å². The van der Waals surface area contributed by atoms with Crippen LogP contribution >= 0.6 is 0 Å². The smallest absolute Gasteiger partial charge is 0.271 e. The summed E-state index contributed by atoms with van der Waals surface area (Å²) in [5.74, 6) is -0.0658. The Morgan fingerprint density at radius 3 is 2.85 bits per heavy atom. The number of rotatable bonds is 5. The Hall–Kier alpha value is -1.58. The van der Waals surface area contributed by atoms with Gasteiger partial charge in [0.2, 0.25) is 0 Å². The van der Waals surface area contributed by atoms with E-state index in [9.17, 15) is 4.79 Å². The second kappa shape index (κ2) is 6.73. The summed E-state index contributed by atoms with van der Waals surface area (Å²) in [5, 5.41) is 7.33. The summed E-state index contributed by atoms with van der Waals surface area (Å²) in [6.07, 6.45) is 8.28. The molecule has 0 spiro atoms. The third kappa shape index (κ3) is 3.71. The zero-order valence-corrected chi connectivity index (χ0v) is 12.8. The molecule has 1 aliphatic rings. The van der Waals surface area contributed by atoms with Crippen molar-refractivity contribution < 1.29 is 4.79 Å². The molecule has 0 atom stereocenters. The van der Waals surface area contributed by atoms with E-state index in [4.69, 9.17) is 0 Å². The fourth-order valence-corrected chi connectivity index (χ4v) is 2.68. The molecule has 0 saturated carbocycles. The van der Waals surface area contributed by atoms with E-state index in [1.165, 1.54) is 31.3 Å². The molecule has 1 aromatic heterocycles. The Balaban J connectivity index is 1.85. The quantitative estimate of drug-likeness (QED) is 0.837. The van der Waals surface area contributed by atoms with Crippen LogP contribution in [-0.4, -0.2) is 22.2 Å². The number of hydrogen-bond donors (Lipinski definition) is 1. The van der Waals surface area contributed by atoms with Crippen LogP contribution in [0, 0.1) is 6.92 Å². The van der Waals surface area contributed by atoms with Crippen LogP contribution in [0.25, 0.3) is 0 Å². The number of nitrogens with one attached hydrogen (secondary N) is 1. The lowest BCUT2D eigenvalue weighted by Crippen LogP contribution is -2.25. The van der Waals surface area contributed by atoms with Gasteiger partial charge in [-0.25, -0.2) is 0 Å². The van der Waals surface area contributed by atoms with Gasteiger partial charge in [0.25, 0.3) is 5.91 Å². The highest BCUT2D eigenvalue weighted by atomic mass is 16.1. The topological polar surface area (TPSA) is 46.9 Å². The Morgan fingerprint density at radius 2 is 2.25 bits per heavy atom. The van der Waals surface area contributed by atoms with Crippen molar-refractivity contribution in [2.45, 2.75) is 58.9 Å². The highest BCUT2D eigenvalue weighted by molar-refractivity contribution is 5.92. The Kier molecular flexibility index (Phi) is 4.99. The van der Waals surface area contributed by atoms with Gasteiger partial charge in [-0.05, 0) is 58.9 Å². The average Bonchev–Trinajstić information content (AvgIpc) is 2.82. The number of aryl methyl sites for hydroxylation is 1. The van der Waals surface area contributed by atoms with E-state index in [2.05, 4.69) is 30.3 Å². The lowest BCUT2D eigenvalue weighted by atomic mass is 9.97.